The fourth-order valence-corrected chi connectivity index (χ4v) is 4.04. The van der Waals surface area contributed by atoms with Gasteiger partial charge in [0, 0.05) is 30.7 Å². The van der Waals surface area contributed by atoms with Gasteiger partial charge in [-0.15, -0.1) is 11.8 Å². The Kier molecular flexibility index (Phi) is 5.82. The molecule has 0 aliphatic carbocycles. The van der Waals surface area contributed by atoms with Crippen molar-refractivity contribution >= 4 is 27.6 Å². The molecule has 0 bridgehead atoms. The number of benzene rings is 1. The third-order valence-electron chi connectivity index (χ3n) is 4.11. The lowest BCUT2D eigenvalue weighted by Crippen LogP contribution is -2.31. The van der Waals surface area contributed by atoms with Crippen LogP contribution in [0.25, 0.3) is 17.1 Å². The van der Waals surface area contributed by atoms with E-state index in [1.807, 2.05) is 0 Å². The van der Waals surface area contributed by atoms with Crippen molar-refractivity contribution < 1.29 is 8.42 Å². The molecule has 0 unspecified atom stereocenters. The van der Waals surface area contributed by atoms with E-state index in [0.717, 1.165) is 0 Å². The molecule has 9 nitrogen and oxygen atoms in total. The van der Waals surface area contributed by atoms with Crippen LogP contribution >= 0.6 is 11.8 Å². The number of nitrogens with one attached hydrogen (secondary N) is 2. The van der Waals surface area contributed by atoms with Crippen molar-refractivity contribution in [2.75, 3.05) is 13.3 Å². The smallest absolute Gasteiger partial charge is 0.285 e. The van der Waals surface area contributed by atoms with Crippen molar-refractivity contribution in [1.82, 2.24) is 19.9 Å². The van der Waals surface area contributed by atoms with Gasteiger partial charge in [-0.2, -0.15) is 4.98 Å². The van der Waals surface area contributed by atoms with Gasteiger partial charge >= 0.3 is 0 Å². The maximum absolute atomic E-state index is 12.7. The first-order chi connectivity index (χ1) is 13.8. The van der Waals surface area contributed by atoms with Crippen molar-refractivity contribution in [2.45, 2.75) is 9.92 Å². The maximum Gasteiger partial charge on any atom is 0.285 e. The van der Waals surface area contributed by atoms with Crippen LogP contribution in [0.3, 0.4) is 0 Å². The van der Waals surface area contributed by atoms with Crippen LogP contribution in [0.4, 0.5) is 0 Å². The summed E-state index contributed by atoms with van der Waals surface area (Å²) in [5.41, 5.74) is 0.780. The molecular formula is C18H18N6O3S2. The zero-order valence-corrected chi connectivity index (χ0v) is 17.2. The van der Waals surface area contributed by atoms with Crippen molar-refractivity contribution in [3.8, 4) is 17.1 Å². The monoisotopic (exact) mass is 430 g/mol. The molecule has 0 atom stereocenters. The van der Waals surface area contributed by atoms with Gasteiger partial charge in [-0.05, 0) is 42.7 Å². The van der Waals surface area contributed by atoms with Crippen molar-refractivity contribution in [3.63, 3.8) is 0 Å². The van der Waals surface area contributed by atoms with E-state index in [1.54, 1.807) is 54.5 Å². The average molecular weight is 431 g/mol. The molecule has 4 N–H and O–H groups in total. The largest absolute Gasteiger partial charge is 0.373 e. The lowest BCUT2D eigenvalue weighted by Gasteiger charge is -2.20. The molecule has 3 aromatic rings. The average Bonchev–Trinajstić information content (AvgIpc) is 2.72. The van der Waals surface area contributed by atoms with Crippen LogP contribution in [0.5, 0.6) is 0 Å². The van der Waals surface area contributed by atoms with Gasteiger partial charge in [0.15, 0.2) is 0 Å². The van der Waals surface area contributed by atoms with Gasteiger partial charge in [0.05, 0.1) is 9.92 Å². The van der Waals surface area contributed by atoms with E-state index in [-0.39, 0.29) is 16.3 Å². The van der Waals surface area contributed by atoms with Crippen LogP contribution in [0.1, 0.15) is 5.56 Å². The highest BCUT2D eigenvalue weighted by Gasteiger charge is 2.22. The summed E-state index contributed by atoms with van der Waals surface area (Å²) in [6, 6.07) is 9.33. The standard InChI is InChI=1S/C18H18N6O3S2/c1-21-15(19)14-17(25)23-16(11-7-9-22-10-8-11)24(18(14)28-2)12-3-5-13(6-4-12)29(20,26)27/h3-10H,1-2H3,(H2,19,21)(H2,20,26,27). The van der Waals surface area contributed by atoms with Gasteiger partial charge in [-0.3, -0.25) is 19.8 Å². The third kappa shape index (κ3) is 4.06. The molecule has 2 aromatic heterocycles. The van der Waals surface area contributed by atoms with E-state index in [4.69, 9.17) is 10.5 Å². The quantitative estimate of drug-likeness (QED) is 0.239. The van der Waals surface area contributed by atoms with Crippen LogP contribution in [0, 0.1) is 5.41 Å². The highest BCUT2D eigenvalue weighted by Crippen LogP contribution is 2.29. The maximum atomic E-state index is 12.7. The first kappa shape index (κ1) is 20.7. The van der Waals surface area contributed by atoms with Gasteiger partial charge in [-0.25, -0.2) is 13.6 Å². The zero-order chi connectivity index (χ0) is 21.2. The number of rotatable bonds is 5. The van der Waals surface area contributed by atoms with E-state index in [0.29, 0.717) is 22.1 Å². The Bertz CT molecular complexity index is 1220. The molecule has 0 saturated carbocycles. The molecule has 0 amide bonds. The number of hydrogen-bond donors (Lipinski definition) is 3. The van der Waals surface area contributed by atoms with Gasteiger partial charge in [0.2, 0.25) is 10.0 Å². The normalized spacial score (nSPS) is 11.3. The Morgan fingerprint density at radius 1 is 1.17 bits per heavy atom. The predicted molar refractivity (Wildman–Crippen MR) is 112 cm³/mol. The minimum absolute atomic E-state index is 0.0328. The van der Waals surface area contributed by atoms with E-state index >= 15 is 0 Å². The Morgan fingerprint density at radius 2 is 1.79 bits per heavy atom. The summed E-state index contributed by atoms with van der Waals surface area (Å²) >= 11 is 1.28. The van der Waals surface area contributed by atoms with Gasteiger partial charge in [0.25, 0.3) is 5.56 Å². The summed E-state index contributed by atoms with van der Waals surface area (Å²) < 4.78 is 24.9. The number of hydrogen-bond acceptors (Lipinski definition) is 7. The summed E-state index contributed by atoms with van der Waals surface area (Å²) in [7, 11) is -2.29. The Hall–Kier alpha value is -3.02. The summed E-state index contributed by atoms with van der Waals surface area (Å²) in [5.74, 6) is 0.279. The highest BCUT2D eigenvalue weighted by atomic mass is 32.2. The molecule has 11 heteroatoms. The number of amidine groups is 1. The molecule has 0 fully saturated rings. The lowest BCUT2D eigenvalue weighted by molar-refractivity contribution is 0.598. The van der Waals surface area contributed by atoms with Crippen LogP contribution in [-0.4, -0.2) is 42.1 Å². The van der Waals surface area contributed by atoms with Crippen LogP contribution < -0.4 is 16.0 Å². The number of aromatic nitrogens is 3. The molecule has 0 aliphatic rings. The molecule has 1 aromatic carbocycles. The molecule has 150 valence electrons. The number of pyridine rings is 1. The van der Waals surface area contributed by atoms with E-state index in [9.17, 15) is 13.2 Å². The number of primary sulfonamides is 1. The van der Waals surface area contributed by atoms with E-state index in [2.05, 4.69) is 15.3 Å². The van der Waals surface area contributed by atoms with Gasteiger partial charge < -0.3 is 5.32 Å². The number of nitrogens with zero attached hydrogens (tertiary/aromatic N) is 3. The third-order valence-corrected chi connectivity index (χ3v) is 5.81. The van der Waals surface area contributed by atoms with Crippen LogP contribution in [0.15, 0.2) is 63.5 Å². The first-order valence-corrected chi connectivity index (χ1v) is 11.1. The predicted octanol–water partition coefficient (Wildman–Crippen LogP) is 1.21. The summed E-state index contributed by atoms with van der Waals surface area (Å²) in [5, 5.41) is 16.5. The summed E-state index contributed by atoms with van der Waals surface area (Å²) in [6.07, 6.45) is 4.95. The van der Waals surface area contributed by atoms with Gasteiger partial charge in [0.1, 0.15) is 17.2 Å². The summed E-state index contributed by atoms with van der Waals surface area (Å²) in [6.45, 7) is 0. The molecule has 0 saturated heterocycles. The SMILES string of the molecule is CNC(=N)c1c(SC)n(-c2ccc(S(N)(=O)=O)cc2)c(-c2ccncc2)nc1=O. The van der Waals surface area contributed by atoms with Crippen LogP contribution in [0.2, 0.25) is 0 Å². The molecular weight excluding hydrogens is 412 g/mol. The van der Waals surface area contributed by atoms with E-state index < -0.39 is 15.6 Å². The zero-order valence-electron chi connectivity index (χ0n) is 15.6. The molecule has 0 spiro atoms. The fraction of sp³-hybridized carbons (Fsp3) is 0.111. The minimum Gasteiger partial charge on any atom is -0.373 e. The Labute approximate surface area is 171 Å². The van der Waals surface area contributed by atoms with Crippen molar-refractivity contribution in [2.24, 2.45) is 5.14 Å². The second kappa shape index (κ2) is 8.15. The molecule has 0 radical (unpaired) electrons. The number of thioether (sulfide) groups is 1. The highest BCUT2D eigenvalue weighted by molar-refractivity contribution is 7.98. The van der Waals surface area contributed by atoms with Crippen molar-refractivity contribution in [1.29, 1.82) is 5.41 Å². The number of nitrogens with two attached hydrogens (primary N) is 1. The minimum atomic E-state index is -3.84. The fourth-order valence-electron chi connectivity index (χ4n) is 2.75. The molecule has 0 aliphatic heterocycles. The number of sulfonamides is 1. The second-order valence-corrected chi connectivity index (χ2v) is 8.22. The molecule has 2 heterocycles. The van der Waals surface area contributed by atoms with Gasteiger partial charge in [-0.1, -0.05) is 0 Å². The Morgan fingerprint density at radius 3 is 2.31 bits per heavy atom. The summed E-state index contributed by atoms with van der Waals surface area (Å²) in [4.78, 5) is 20.9. The van der Waals surface area contributed by atoms with Crippen molar-refractivity contribution in [3.05, 3.63) is 64.7 Å². The van der Waals surface area contributed by atoms with E-state index in [1.165, 1.54) is 23.9 Å². The second-order valence-electron chi connectivity index (χ2n) is 5.86. The topological polar surface area (TPSA) is 144 Å². The first-order valence-electron chi connectivity index (χ1n) is 8.29. The Balaban J connectivity index is 2.38. The van der Waals surface area contributed by atoms with Crippen LogP contribution in [-0.2, 0) is 10.0 Å². The lowest BCUT2D eigenvalue weighted by atomic mass is 10.2. The molecule has 3 rings (SSSR count). The molecule has 29 heavy (non-hydrogen) atoms.